The van der Waals surface area contributed by atoms with Gasteiger partial charge in [-0.05, 0) is 45.2 Å². The van der Waals surface area contributed by atoms with Gasteiger partial charge >= 0.3 is 0 Å². The molecule has 0 spiro atoms. The molecule has 2 unspecified atom stereocenters. The summed E-state index contributed by atoms with van der Waals surface area (Å²) < 4.78 is 5.78. The fourth-order valence-electron chi connectivity index (χ4n) is 4.18. The van der Waals surface area contributed by atoms with E-state index in [-0.39, 0.29) is 29.9 Å². The first kappa shape index (κ1) is 19.2. The first-order valence-electron chi connectivity index (χ1n) is 10.5. The Morgan fingerprint density at radius 1 is 1.00 bits per heavy atom. The van der Waals surface area contributed by atoms with Gasteiger partial charge < -0.3 is 19.4 Å². The number of carbonyl (C=O) groups excluding carboxylic acids is 2. The molecule has 0 N–H and O–H groups in total. The highest BCUT2D eigenvalue weighted by Gasteiger charge is 2.34. The average molecular weight is 386 g/mol. The van der Waals surface area contributed by atoms with Crippen LogP contribution in [0.3, 0.4) is 0 Å². The molecule has 3 aliphatic rings. The quantitative estimate of drug-likeness (QED) is 0.792. The van der Waals surface area contributed by atoms with Crippen molar-refractivity contribution in [1.82, 2.24) is 14.8 Å². The summed E-state index contributed by atoms with van der Waals surface area (Å²) in [7, 11) is 0. The molecule has 152 valence electrons. The predicted octanol–water partition coefficient (Wildman–Crippen LogP) is 1.78. The number of anilines is 1. The lowest BCUT2D eigenvalue weighted by Gasteiger charge is -2.36. The highest BCUT2D eigenvalue weighted by molar-refractivity contribution is 5.94. The molecule has 1 aliphatic carbocycles. The largest absolute Gasteiger partial charge is 0.372 e. The van der Waals surface area contributed by atoms with E-state index < -0.39 is 0 Å². The van der Waals surface area contributed by atoms with Crippen molar-refractivity contribution in [2.45, 2.75) is 45.3 Å². The van der Waals surface area contributed by atoms with E-state index >= 15 is 0 Å². The molecule has 2 amide bonds. The van der Waals surface area contributed by atoms with E-state index in [0.717, 1.165) is 44.7 Å². The van der Waals surface area contributed by atoms with Crippen LogP contribution in [0.25, 0.3) is 0 Å². The molecule has 2 atom stereocenters. The lowest BCUT2D eigenvalue weighted by molar-refractivity contribution is -0.132. The van der Waals surface area contributed by atoms with Crippen LogP contribution >= 0.6 is 0 Å². The summed E-state index contributed by atoms with van der Waals surface area (Å²) in [5.41, 5.74) is 0.611. The van der Waals surface area contributed by atoms with Gasteiger partial charge in [-0.3, -0.25) is 9.59 Å². The molecule has 7 nitrogen and oxygen atoms in total. The molecular weight excluding hydrogens is 356 g/mol. The van der Waals surface area contributed by atoms with Gasteiger partial charge in [-0.25, -0.2) is 4.98 Å². The molecule has 4 rings (SSSR count). The van der Waals surface area contributed by atoms with Gasteiger partial charge in [-0.1, -0.05) is 0 Å². The summed E-state index contributed by atoms with van der Waals surface area (Å²) in [5.74, 6) is 1.40. The maximum Gasteiger partial charge on any atom is 0.255 e. The third kappa shape index (κ3) is 4.29. The summed E-state index contributed by atoms with van der Waals surface area (Å²) in [6, 6.07) is 3.80. The SMILES string of the molecule is CC1CN(c2ccc(C(=O)N3CCCN(C(=O)C4CC4)CC3)cn2)CC(C)O1. The van der Waals surface area contributed by atoms with E-state index in [9.17, 15) is 9.59 Å². The van der Waals surface area contributed by atoms with Gasteiger partial charge in [0.05, 0.1) is 17.8 Å². The highest BCUT2D eigenvalue weighted by Crippen LogP contribution is 2.31. The average Bonchev–Trinajstić information content (AvgIpc) is 3.53. The maximum atomic E-state index is 12.9. The second-order valence-electron chi connectivity index (χ2n) is 8.31. The number of hydrogen-bond acceptors (Lipinski definition) is 5. The fraction of sp³-hybridized carbons (Fsp3) is 0.667. The van der Waals surface area contributed by atoms with Crippen LogP contribution in [0.2, 0.25) is 0 Å². The Bertz CT molecular complexity index is 709. The Balaban J connectivity index is 1.37. The molecule has 0 radical (unpaired) electrons. The lowest BCUT2D eigenvalue weighted by Crippen LogP contribution is -2.45. The summed E-state index contributed by atoms with van der Waals surface area (Å²) in [6.45, 7) is 8.42. The Labute approximate surface area is 166 Å². The molecular formula is C21H30N4O3. The number of amides is 2. The van der Waals surface area contributed by atoms with Crippen molar-refractivity contribution in [3.63, 3.8) is 0 Å². The first-order chi connectivity index (χ1) is 13.5. The lowest BCUT2D eigenvalue weighted by atomic mass is 10.2. The van der Waals surface area contributed by atoms with Crippen molar-refractivity contribution in [3.05, 3.63) is 23.9 Å². The molecule has 2 aliphatic heterocycles. The van der Waals surface area contributed by atoms with Gasteiger partial charge in [-0.15, -0.1) is 0 Å². The molecule has 1 aromatic rings. The van der Waals surface area contributed by atoms with Gasteiger partial charge in [0.1, 0.15) is 5.82 Å². The van der Waals surface area contributed by atoms with Crippen LogP contribution in [-0.4, -0.2) is 78.1 Å². The molecule has 3 heterocycles. The summed E-state index contributed by atoms with van der Waals surface area (Å²) >= 11 is 0. The number of nitrogens with zero attached hydrogens (tertiary/aromatic N) is 4. The van der Waals surface area contributed by atoms with E-state index in [2.05, 4.69) is 23.7 Å². The van der Waals surface area contributed by atoms with Crippen molar-refractivity contribution >= 4 is 17.6 Å². The van der Waals surface area contributed by atoms with E-state index in [0.29, 0.717) is 25.2 Å². The molecule has 7 heteroatoms. The Morgan fingerprint density at radius 2 is 1.68 bits per heavy atom. The zero-order valence-corrected chi connectivity index (χ0v) is 16.8. The minimum absolute atomic E-state index is 0.00323. The molecule has 0 aromatic carbocycles. The normalized spacial score (nSPS) is 26.1. The van der Waals surface area contributed by atoms with E-state index in [1.165, 1.54) is 0 Å². The van der Waals surface area contributed by atoms with Crippen molar-refractivity contribution in [1.29, 1.82) is 0 Å². The van der Waals surface area contributed by atoms with Crippen LogP contribution in [0.5, 0.6) is 0 Å². The Hall–Kier alpha value is -2.15. The number of carbonyl (C=O) groups is 2. The van der Waals surface area contributed by atoms with Crippen LogP contribution in [0.15, 0.2) is 18.3 Å². The zero-order valence-electron chi connectivity index (χ0n) is 16.8. The van der Waals surface area contributed by atoms with Crippen LogP contribution in [0, 0.1) is 5.92 Å². The van der Waals surface area contributed by atoms with E-state index in [1.54, 1.807) is 6.20 Å². The zero-order chi connectivity index (χ0) is 19.7. The third-order valence-electron chi connectivity index (χ3n) is 5.76. The number of pyridine rings is 1. The predicted molar refractivity (Wildman–Crippen MR) is 106 cm³/mol. The van der Waals surface area contributed by atoms with Crippen LogP contribution < -0.4 is 4.90 Å². The second kappa shape index (κ2) is 8.07. The molecule has 0 bridgehead atoms. The Kier molecular flexibility index (Phi) is 5.53. The minimum Gasteiger partial charge on any atom is -0.372 e. The second-order valence-corrected chi connectivity index (χ2v) is 8.31. The smallest absolute Gasteiger partial charge is 0.255 e. The number of hydrogen-bond donors (Lipinski definition) is 0. The van der Waals surface area contributed by atoms with E-state index in [4.69, 9.17) is 4.74 Å². The van der Waals surface area contributed by atoms with Crippen molar-refractivity contribution in [2.24, 2.45) is 5.92 Å². The Morgan fingerprint density at radius 3 is 2.32 bits per heavy atom. The molecule has 1 aromatic heterocycles. The molecule has 28 heavy (non-hydrogen) atoms. The molecule has 2 saturated heterocycles. The van der Waals surface area contributed by atoms with Crippen LogP contribution in [0.4, 0.5) is 5.82 Å². The summed E-state index contributed by atoms with van der Waals surface area (Å²) in [6.07, 6.45) is 4.91. The van der Waals surface area contributed by atoms with Crippen molar-refractivity contribution in [3.8, 4) is 0 Å². The molecule has 3 fully saturated rings. The highest BCUT2D eigenvalue weighted by atomic mass is 16.5. The fourth-order valence-corrected chi connectivity index (χ4v) is 4.18. The van der Waals surface area contributed by atoms with E-state index in [1.807, 2.05) is 21.9 Å². The molecule has 1 saturated carbocycles. The minimum atomic E-state index is 0.00323. The van der Waals surface area contributed by atoms with Crippen molar-refractivity contribution in [2.75, 3.05) is 44.2 Å². The monoisotopic (exact) mass is 386 g/mol. The number of ether oxygens (including phenoxy) is 1. The van der Waals surface area contributed by atoms with Gasteiger partial charge in [0.25, 0.3) is 5.91 Å². The third-order valence-corrected chi connectivity index (χ3v) is 5.76. The van der Waals surface area contributed by atoms with Crippen LogP contribution in [-0.2, 0) is 9.53 Å². The number of rotatable bonds is 3. The maximum absolute atomic E-state index is 12.9. The summed E-state index contributed by atoms with van der Waals surface area (Å²) in [5, 5.41) is 0. The van der Waals surface area contributed by atoms with Gasteiger partial charge in [0.2, 0.25) is 5.91 Å². The number of aromatic nitrogens is 1. The van der Waals surface area contributed by atoms with Crippen LogP contribution in [0.1, 0.15) is 43.5 Å². The number of morpholine rings is 1. The van der Waals surface area contributed by atoms with Crippen molar-refractivity contribution < 1.29 is 14.3 Å². The van der Waals surface area contributed by atoms with Gasteiger partial charge in [0, 0.05) is 51.4 Å². The van der Waals surface area contributed by atoms with Gasteiger partial charge in [0.15, 0.2) is 0 Å². The topological polar surface area (TPSA) is 66.0 Å². The van der Waals surface area contributed by atoms with Gasteiger partial charge in [-0.2, -0.15) is 0 Å². The summed E-state index contributed by atoms with van der Waals surface area (Å²) in [4.78, 5) is 35.8. The standard InChI is InChI=1S/C21H30N4O3/c1-15-13-25(14-16(2)28-15)19-7-6-18(12-22-19)21(27)24-9-3-8-23(10-11-24)20(26)17-4-5-17/h6-7,12,15-17H,3-5,8-11,13-14H2,1-2H3. The first-order valence-corrected chi connectivity index (χ1v) is 10.5.